The molecule has 5 heteroatoms. The van der Waals surface area contributed by atoms with E-state index in [1.807, 2.05) is 14.1 Å². The molecule has 0 aliphatic heterocycles. The van der Waals surface area contributed by atoms with Crippen LogP contribution in [-0.2, 0) is 4.84 Å². The summed E-state index contributed by atoms with van der Waals surface area (Å²) < 4.78 is 0. The maximum absolute atomic E-state index is 11.2. The van der Waals surface area contributed by atoms with E-state index in [1.165, 1.54) is 6.42 Å². The van der Waals surface area contributed by atoms with Crippen molar-refractivity contribution in [1.82, 2.24) is 4.90 Å². The van der Waals surface area contributed by atoms with Crippen molar-refractivity contribution in [2.45, 2.75) is 77.4 Å². The molecule has 2 N–H and O–H groups in total. The summed E-state index contributed by atoms with van der Waals surface area (Å²) in [7, 11) is 4.08. The van der Waals surface area contributed by atoms with Gasteiger partial charge in [0.15, 0.2) is 0 Å². The van der Waals surface area contributed by atoms with Gasteiger partial charge in [0.25, 0.3) is 0 Å². The summed E-state index contributed by atoms with van der Waals surface area (Å²) in [5.41, 5.74) is 1.40. The van der Waals surface area contributed by atoms with E-state index in [2.05, 4.69) is 23.9 Å². The van der Waals surface area contributed by atoms with Gasteiger partial charge < -0.3 is 20.0 Å². The Morgan fingerprint density at radius 3 is 2.54 bits per heavy atom. The van der Waals surface area contributed by atoms with Gasteiger partial charge in [-0.25, -0.2) is 0 Å². The number of rotatable bonds is 4. The average molecular weight is 393 g/mol. The van der Waals surface area contributed by atoms with Crippen LogP contribution in [0.15, 0.2) is 5.16 Å². The molecule has 4 aliphatic carbocycles. The summed E-state index contributed by atoms with van der Waals surface area (Å²) in [6, 6.07) is 0. The van der Waals surface area contributed by atoms with Crippen molar-refractivity contribution in [1.29, 1.82) is 0 Å². The molecule has 0 saturated heterocycles. The lowest BCUT2D eigenvalue weighted by atomic mass is 9.44. The lowest BCUT2D eigenvalue weighted by Crippen LogP contribution is -2.58. The number of oxime groups is 1. The first-order valence-electron chi connectivity index (χ1n) is 11.4. The first-order valence-corrected chi connectivity index (χ1v) is 11.4. The zero-order valence-corrected chi connectivity index (χ0v) is 18.2. The van der Waals surface area contributed by atoms with Crippen LogP contribution in [0.1, 0.15) is 65.2 Å². The molecule has 4 aliphatic rings. The Bertz CT molecular complexity index is 609. The Morgan fingerprint density at radius 1 is 1.04 bits per heavy atom. The van der Waals surface area contributed by atoms with E-state index < -0.39 is 0 Å². The van der Waals surface area contributed by atoms with E-state index in [1.54, 1.807) is 0 Å². The van der Waals surface area contributed by atoms with Gasteiger partial charge >= 0.3 is 0 Å². The molecule has 0 aromatic heterocycles. The molecule has 0 amide bonds. The summed E-state index contributed by atoms with van der Waals surface area (Å²) in [4.78, 5) is 7.65. The summed E-state index contributed by atoms with van der Waals surface area (Å²) in [6.45, 7) is 6.24. The van der Waals surface area contributed by atoms with E-state index >= 15 is 0 Å². The quantitative estimate of drug-likeness (QED) is 0.569. The molecule has 4 saturated carbocycles. The first kappa shape index (κ1) is 20.6. The minimum absolute atomic E-state index is 0.0750. The maximum Gasteiger partial charge on any atom is 0.129 e. The lowest BCUT2D eigenvalue weighted by Gasteiger charge is -2.61. The van der Waals surface area contributed by atoms with Gasteiger partial charge in [-0.3, -0.25) is 0 Å². The van der Waals surface area contributed by atoms with Crippen LogP contribution in [0.25, 0.3) is 0 Å². The summed E-state index contributed by atoms with van der Waals surface area (Å²) in [5.74, 6) is 2.13. The predicted octanol–water partition coefficient (Wildman–Crippen LogP) is 3.30. The van der Waals surface area contributed by atoms with Crippen molar-refractivity contribution in [3.63, 3.8) is 0 Å². The fourth-order valence-corrected chi connectivity index (χ4v) is 7.52. The van der Waals surface area contributed by atoms with Crippen LogP contribution in [0.4, 0.5) is 0 Å². The molecular formula is C23H40N2O3. The van der Waals surface area contributed by atoms with Crippen LogP contribution in [-0.4, -0.2) is 60.3 Å². The Labute approximate surface area is 170 Å². The van der Waals surface area contributed by atoms with Crippen molar-refractivity contribution in [3.05, 3.63) is 0 Å². The number of hydrogen-bond acceptors (Lipinski definition) is 5. The number of aliphatic hydroxyl groups is 2. The number of likely N-dealkylation sites (N-methyl/N-ethyl adjacent to an activating group) is 1. The average Bonchev–Trinajstić information content (AvgIpc) is 2.95. The molecule has 0 radical (unpaired) electrons. The maximum atomic E-state index is 11.2. The van der Waals surface area contributed by atoms with Crippen LogP contribution in [0.3, 0.4) is 0 Å². The molecule has 5 nitrogen and oxygen atoms in total. The normalized spacial score (nSPS) is 49.6. The standard InChI is InChI=1S/C23H40N2O3/c1-22-9-7-15(24-28-12-11-25(3)4)13-19(22)20(26)14-16-17-5-6-21(27)23(17,2)10-8-18(16)22/h16-21,26-27H,5-14H2,1-4H3/b24-15-/t16-,17-,18-,19+,20-,21-,22+,23-/m0/s1. The molecule has 160 valence electrons. The molecule has 0 aromatic carbocycles. The first-order chi connectivity index (χ1) is 13.3. The molecule has 0 aromatic rings. The molecule has 0 unspecified atom stereocenters. The van der Waals surface area contributed by atoms with Gasteiger partial charge in [0, 0.05) is 6.54 Å². The van der Waals surface area contributed by atoms with Crippen molar-refractivity contribution >= 4 is 5.71 Å². The van der Waals surface area contributed by atoms with Gasteiger partial charge in [-0.2, -0.15) is 0 Å². The van der Waals surface area contributed by atoms with Crippen molar-refractivity contribution in [2.75, 3.05) is 27.2 Å². The van der Waals surface area contributed by atoms with E-state index in [-0.39, 0.29) is 23.0 Å². The summed E-state index contributed by atoms with van der Waals surface area (Å²) in [6.07, 6.45) is 7.94. The largest absolute Gasteiger partial charge is 0.394 e. The lowest BCUT2D eigenvalue weighted by molar-refractivity contribution is -0.153. The number of fused-ring (bicyclic) bond motifs is 5. The zero-order chi connectivity index (χ0) is 20.1. The van der Waals surface area contributed by atoms with Gasteiger partial charge in [0.1, 0.15) is 6.61 Å². The molecule has 0 bridgehead atoms. The molecule has 4 rings (SSSR count). The van der Waals surface area contributed by atoms with Gasteiger partial charge in [-0.05, 0) is 100.0 Å². The van der Waals surface area contributed by atoms with Gasteiger partial charge in [0.2, 0.25) is 0 Å². The summed E-state index contributed by atoms with van der Waals surface area (Å²) in [5, 5.41) is 26.2. The fourth-order valence-electron chi connectivity index (χ4n) is 7.52. The molecule has 4 fully saturated rings. The Balaban J connectivity index is 1.48. The monoisotopic (exact) mass is 392 g/mol. The molecule has 8 atom stereocenters. The second kappa shape index (κ2) is 7.55. The number of nitrogens with zero attached hydrogens (tertiary/aromatic N) is 2. The van der Waals surface area contributed by atoms with Crippen molar-refractivity contribution < 1.29 is 15.1 Å². The Morgan fingerprint density at radius 2 is 1.79 bits per heavy atom. The molecule has 0 heterocycles. The molecule has 28 heavy (non-hydrogen) atoms. The second-order valence-electron chi connectivity index (χ2n) is 10.9. The van der Waals surface area contributed by atoms with Crippen LogP contribution in [0.5, 0.6) is 0 Å². The zero-order valence-electron chi connectivity index (χ0n) is 18.2. The van der Waals surface area contributed by atoms with Crippen LogP contribution in [0.2, 0.25) is 0 Å². The van der Waals surface area contributed by atoms with E-state index in [0.717, 1.165) is 57.2 Å². The minimum atomic E-state index is -0.251. The van der Waals surface area contributed by atoms with Gasteiger partial charge in [-0.1, -0.05) is 19.0 Å². The highest BCUT2D eigenvalue weighted by molar-refractivity contribution is 5.85. The Kier molecular flexibility index (Phi) is 5.56. The number of hydrogen-bond donors (Lipinski definition) is 2. The Hall–Kier alpha value is -0.650. The van der Waals surface area contributed by atoms with E-state index in [0.29, 0.717) is 30.3 Å². The third-order valence-corrected chi connectivity index (χ3v) is 9.29. The van der Waals surface area contributed by atoms with Gasteiger partial charge in [0.05, 0.1) is 17.9 Å². The number of aliphatic hydroxyl groups excluding tert-OH is 2. The SMILES string of the molecule is CN(C)CCO/N=C1/CC[C@@]2(C)[C@H](C1)[C@@H](O)C[C@@H]1[C@@H]2CC[C@]2(C)[C@@H](O)CC[C@@H]12. The smallest absolute Gasteiger partial charge is 0.129 e. The highest BCUT2D eigenvalue weighted by atomic mass is 16.6. The molecular weight excluding hydrogens is 352 g/mol. The summed E-state index contributed by atoms with van der Waals surface area (Å²) >= 11 is 0. The second-order valence-corrected chi connectivity index (χ2v) is 10.9. The van der Waals surface area contributed by atoms with Crippen LogP contribution in [0, 0.1) is 34.5 Å². The van der Waals surface area contributed by atoms with E-state index in [4.69, 9.17) is 4.84 Å². The van der Waals surface area contributed by atoms with Crippen molar-refractivity contribution in [2.24, 2.45) is 39.7 Å². The van der Waals surface area contributed by atoms with E-state index in [9.17, 15) is 10.2 Å². The fraction of sp³-hybridized carbons (Fsp3) is 0.957. The third-order valence-electron chi connectivity index (χ3n) is 9.29. The topological polar surface area (TPSA) is 65.3 Å². The highest BCUT2D eigenvalue weighted by Crippen LogP contribution is 2.65. The van der Waals surface area contributed by atoms with Crippen molar-refractivity contribution in [3.8, 4) is 0 Å². The third kappa shape index (κ3) is 3.31. The van der Waals surface area contributed by atoms with Crippen LogP contribution >= 0.6 is 0 Å². The predicted molar refractivity (Wildman–Crippen MR) is 111 cm³/mol. The highest BCUT2D eigenvalue weighted by Gasteiger charge is 2.61. The molecule has 0 spiro atoms. The minimum Gasteiger partial charge on any atom is -0.394 e. The van der Waals surface area contributed by atoms with Crippen LogP contribution < -0.4 is 0 Å². The van der Waals surface area contributed by atoms with Gasteiger partial charge in [-0.15, -0.1) is 0 Å².